The molecule has 36 heavy (non-hydrogen) atoms. The largest absolute Gasteiger partial charge is 0.492 e. The predicted molar refractivity (Wildman–Crippen MR) is 144 cm³/mol. The number of rotatable bonds is 14. The van der Waals surface area contributed by atoms with Crippen molar-refractivity contribution in [3.8, 4) is 5.75 Å². The molecule has 0 radical (unpaired) electrons. The second-order valence-electron chi connectivity index (χ2n) is 8.46. The molecule has 1 atom stereocenters. The summed E-state index contributed by atoms with van der Waals surface area (Å²) in [6.45, 7) is 6.69. The van der Waals surface area contributed by atoms with Crippen LogP contribution in [0.4, 0.5) is 5.69 Å². The highest BCUT2D eigenvalue weighted by molar-refractivity contribution is 7.92. The summed E-state index contributed by atoms with van der Waals surface area (Å²) in [5.41, 5.74) is 1.23. The summed E-state index contributed by atoms with van der Waals surface area (Å²) in [6, 6.07) is 13.4. The molecule has 0 bridgehead atoms. The third kappa shape index (κ3) is 8.71. The molecular weight excluding hydrogens is 502 g/mol. The summed E-state index contributed by atoms with van der Waals surface area (Å²) in [5, 5.41) is 3.38. The second kappa shape index (κ2) is 14.1. The highest BCUT2D eigenvalue weighted by Gasteiger charge is 2.27. The number of hydrogen-bond acceptors (Lipinski definition) is 5. The van der Waals surface area contributed by atoms with Crippen molar-refractivity contribution in [2.24, 2.45) is 0 Å². The molecule has 2 amide bonds. The number of sulfonamides is 1. The fourth-order valence-corrected chi connectivity index (χ4v) is 4.92. The SMILES string of the molecule is CCCNC(=O)C(C)N(Cc1cccc(Cl)c1)C(=O)CCCN(c1ccccc1OCC)S(C)(=O)=O. The van der Waals surface area contributed by atoms with Crippen molar-refractivity contribution in [3.05, 3.63) is 59.1 Å². The van der Waals surface area contributed by atoms with Crippen LogP contribution in [0.25, 0.3) is 0 Å². The lowest BCUT2D eigenvalue weighted by Gasteiger charge is -2.29. The zero-order valence-electron chi connectivity index (χ0n) is 21.4. The molecule has 0 aliphatic rings. The van der Waals surface area contributed by atoms with Crippen LogP contribution in [-0.4, -0.2) is 57.1 Å². The van der Waals surface area contributed by atoms with Gasteiger partial charge in [-0.1, -0.05) is 42.8 Å². The number of carbonyl (C=O) groups is 2. The van der Waals surface area contributed by atoms with Crippen LogP contribution in [0.3, 0.4) is 0 Å². The molecule has 2 rings (SSSR count). The molecule has 0 fully saturated rings. The average Bonchev–Trinajstić information content (AvgIpc) is 2.83. The van der Waals surface area contributed by atoms with Gasteiger partial charge >= 0.3 is 0 Å². The number of carbonyl (C=O) groups excluding carboxylic acids is 2. The Hall–Kier alpha value is -2.78. The Morgan fingerprint density at radius 1 is 1.11 bits per heavy atom. The number of anilines is 1. The van der Waals surface area contributed by atoms with Crippen molar-refractivity contribution < 1.29 is 22.7 Å². The van der Waals surface area contributed by atoms with Gasteiger partial charge in [-0.15, -0.1) is 0 Å². The Bertz CT molecular complexity index is 1130. The summed E-state index contributed by atoms with van der Waals surface area (Å²) in [5.74, 6) is -0.0307. The van der Waals surface area contributed by atoms with Gasteiger partial charge in [-0.05, 0) is 56.5 Å². The van der Waals surface area contributed by atoms with Crippen LogP contribution in [0.5, 0.6) is 5.75 Å². The van der Waals surface area contributed by atoms with Crippen LogP contribution in [0.15, 0.2) is 48.5 Å². The molecule has 0 saturated carbocycles. The minimum absolute atomic E-state index is 0.0643. The number of ether oxygens (including phenoxy) is 1. The first-order valence-corrected chi connectivity index (χ1v) is 14.3. The molecule has 1 N–H and O–H groups in total. The minimum Gasteiger partial charge on any atom is -0.492 e. The van der Waals surface area contributed by atoms with Crippen molar-refractivity contribution in [1.29, 1.82) is 0 Å². The quantitative estimate of drug-likeness (QED) is 0.389. The van der Waals surface area contributed by atoms with Crippen LogP contribution in [0.2, 0.25) is 5.02 Å². The van der Waals surface area contributed by atoms with Crippen LogP contribution in [-0.2, 0) is 26.2 Å². The summed E-state index contributed by atoms with van der Waals surface area (Å²) >= 11 is 6.12. The molecule has 0 saturated heterocycles. The molecule has 198 valence electrons. The molecule has 0 heterocycles. The van der Waals surface area contributed by atoms with Crippen molar-refractivity contribution in [2.45, 2.75) is 52.6 Å². The van der Waals surface area contributed by atoms with Gasteiger partial charge < -0.3 is 15.0 Å². The Morgan fingerprint density at radius 2 is 1.83 bits per heavy atom. The lowest BCUT2D eigenvalue weighted by molar-refractivity contribution is -0.140. The number of amides is 2. The van der Waals surface area contributed by atoms with Gasteiger partial charge in [-0.2, -0.15) is 0 Å². The van der Waals surface area contributed by atoms with E-state index in [2.05, 4.69) is 5.32 Å². The number of benzene rings is 2. The number of hydrogen-bond donors (Lipinski definition) is 1. The van der Waals surface area contributed by atoms with Gasteiger partial charge in [0.2, 0.25) is 21.8 Å². The Kier molecular flexibility index (Phi) is 11.5. The Labute approximate surface area is 219 Å². The standard InChI is InChI=1S/C26H36ClN3O5S/c1-5-16-28-26(32)20(3)29(19-21-11-9-12-22(27)18-21)25(31)15-10-17-30(36(4,33)34)23-13-7-8-14-24(23)35-6-2/h7-9,11-14,18,20H,5-6,10,15-17,19H2,1-4H3,(H,28,32). The molecule has 0 aromatic heterocycles. The summed E-state index contributed by atoms with van der Waals surface area (Å²) in [4.78, 5) is 27.5. The van der Waals surface area contributed by atoms with Crippen LogP contribution in [0, 0.1) is 0 Å². The van der Waals surface area contributed by atoms with E-state index in [1.165, 1.54) is 9.21 Å². The first kappa shape index (κ1) is 29.5. The third-order valence-corrected chi connectivity index (χ3v) is 6.96. The molecule has 2 aromatic carbocycles. The highest BCUT2D eigenvalue weighted by Crippen LogP contribution is 2.30. The first-order chi connectivity index (χ1) is 17.1. The van der Waals surface area contributed by atoms with E-state index in [0.717, 1.165) is 18.2 Å². The highest BCUT2D eigenvalue weighted by atomic mass is 35.5. The third-order valence-electron chi connectivity index (χ3n) is 5.54. The van der Waals surface area contributed by atoms with E-state index in [9.17, 15) is 18.0 Å². The monoisotopic (exact) mass is 537 g/mol. The summed E-state index contributed by atoms with van der Waals surface area (Å²) < 4.78 is 32.0. The predicted octanol–water partition coefficient (Wildman–Crippen LogP) is 4.23. The van der Waals surface area contributed by atoms with Gasteiger partial charge in [0.1, 0.15) is 11.8 Å². The Morgan fingerprint density at radius 3 is 2.47 bits per heavy atom. The van der Waals surface area contributed by atoms with E-state index in [4.69, 9.17) is 16.3 Å². The van der Waals surface area contributed by atoms with E-state index in [0.29, 0.717) is 29.6 Å². The van der Waals surface area contributed by atoms with Crippen LogP contribution in [0.1, 0.15) is 45.6 Å². The van der Waals surface area contributed by atoms with E-state index >= 15 is 0 Å². The lowest BCUT2D eigenvalue weighted by Crippen LogP contribution is -2.47. The lowest BCUT2D eigenvalue weighted by atomic mass is 10.1. The van der Waals surface area contributed by atoms with Gasteiger partial charge in [-0.25, -0.2) is 8.42 Å². The summed E-state index contributed by atoms with van der Waals surface area (Å²) in [6.07, 6.45) is 2.24. The average molecular weight is 538 g/mol. The molecule has 0 spiro atoms. The fraction of sp³-hybridized carbons (Fsp3) is 0.462. The van der Waals surface area contributed by atoms with E-state index in [1.54, 1.807) is 49.4 Å². The smallest absolute Gasteiger partial charge is 0.242 e. The molecule has 10 heteroatoms. The molecule has 1 unspecified atom stereocenters. The van der Waals surface area contributed by atoms with Crippen molar-refractivity contribution in [3.63, 3.8) is 0 Å². The maximum atomic E-state index is 13.3. The molecule has 0 aliphatic heterocycles. The number of para-hydroxylation sites is 2. The maximum Gasteiger partial charge on any atom is 0.242 e. The first-order valence-electron chi connectivity index (χ1n) is 12.1. The van der Waals surface area contributed by atoms with Crippen molar-refractivity contribution in [1.82, 2.24) is 10.2 Å². The topological polar surface area (TPSA) is 96.0 Å². The van der Waals surface area contributed by atoms with Gasteiger partial charge in [0.25, 0.3) is 0 Å². The van der Waals surface area contributed by atoms with Crippen molar-refractivity contribution >= 4 is 39.1 Å². The normalized spacial score (nSPS) is 12.0. The van der Waals surface area contributed by atoms with E-state index in [-0.39, 0.29) is 37.7 Å². The van der Waals surface area contributed by atoms with Gasteiger partial charge in [0.15, 0.2) is 0 Å². The molecule has 2 aromatic rings. The van der Waals surface area contributed by atoms with Gasteiger partial charge in [0, 0.05) is 31.1 Å². The molecular formula is C26H36ClN3O5S. The van der Waals surface area contributed by atoms with Crippen LogP contribution < -0.4 is 14.4 Å². The minimum atomic E-state index is -3.62. The number of halogens is 1. The molecule has 8 nitrogen and oxygen atoms in total. The van der Waals surface area contributed by atoms with Gasteiger partial charge in [0.05, 0.1) is 18.6 Å². The fourth-order valence-electron chi connectivity index (χ4n) is 3.73. The zero-order chi connectivity index (χ0) is 26.7. The number of nitrogens with zero attached hydrogens (tertiary/aromatic N) is 2. The Balaban J connectivity index is 2.19. The van der Waals surface area contributed by atoms with E-state index < -0.39 is 16.1 Å². The van der Waals surface area contributed by atoms with E-state index in [1.807, 2.05) is 19.9 Å². The van der Waals surface area contributed by atoms with Gasteiger partial charge in [-0.3, -0.25) is 13.9 Å². The zero-order valence-corrected chi connectivity index (χ0v) is 22.9. The molecule has 0 aliphatic carbocycles. The number of nitrogens with one attached hydrogen (secondary N) is 1. The maximum absolute atomic E-state index is 13.3. The summed E-state index contributed by atoms with van der Waals surface area (Å²) in [7, 11) is -3.62. The second-order valence-corrected chi connectivity index (χ2v) is 10.8. The van der Waals surface area contributed by atoms with Crippen LogP contribution >= 0.6 is 11.6 Å². The van der Waals surface area contributed by atoms with Crippen molar-refractivity contribution in [2.75, 3.05) is 30.3 Å².